The summed E-state index contributed by atoms with van der Waals surface area (Å²) in [5.41, 5.74) is 8.81. The Bertz CT molecular complexity index is 1050. The molecule has 0 aliphatic heterocycles. The van der Waals surface area contributed by atoms with Crippen LogP contribution in [-0.2, 0) is 6.54 Å². The highest BCUT2D eigenvalue weighted by Gasteiger charge is 2.18. The first-order valence-electron chi connectivity index (χ1n) is 7.52. The highest BCUT2D eigenvalue weighted by atomic mass is 32.1. The van der Waals surface area contributed by atoms with Gasteiger partial charge in [0.2, 0.25) is 0 Å². The Balaban J connectivity index is 1.73. The van der Waals surface area contributed by atoms with Crippen LogP contribution in [0, 0.1) is 6.92 Å². The number of carbonyl (C=O) groups is 1. The minimum Gasteiger partial charge on any atom is -0.397 e. The Labute approximate surface area is 146 Å². The first kappa shape index (κ1) is 15.1. The summed E-state index contributed by atoms with van der Waals surface area (Å²) in [7, 11) is 0. The number of carbonyl (C=O) groups excluding carboxylic acids is 1. The summed E-state index contributed by atoms with van der Waals surface area (Å²) in [4.78, 5) is 19.6. The average Bonchev–Trinajstić information content (AvgIpc) is 3.20. The number of nitrogens with zero attached hydrogens (tertiary/aromatic N) is 1. The lowest BCUT2D eigenvalue weighted by Gasteiger charge is -2.02. The molecule has 1 amide bonds. The summed E-state index contributed by atoms with van der Waals surface area (Å²) in [6, 6.07) is 12.0. The van der Waals surface area contributed by atoms with E-state index in [4.69, 9.17) is 10.7 Å². The predicted molar refractivity (Wildman–Crippen MR) is 102 cm³/mol. The summed E-state index contributed by atoms with van der Waals surface area (Å²) < 4.78 is 0. The zero-order valence-corrected chi connectivity index (χ0v) is 14.6. The average molecular weight is 353 g/mol. The molecule has 6 heteroatoms. The van der Waals surface area contributed by atoms with E-state index in [1.165, 1.54) is 11.3 Å². The number of aryl methyl sites for hydroxylation is 1. The maximum Gasteiger partial charge on any atom is 0.263 e. The Morgan fingerprint density at radius 2 is 2.17 bits per heavy atom. The Morgan fingerprint density at radius 3 is 2.96 bits per heavy atom. The molecule has 0 saturated carbocycles. The zero-order valence-electron chi connectivity index (χ0n) is 13.0. The van der Waals surface area contributed by atoms with E-state index < -0.39 is 0 Å². The molecule has 4 nitrogen and oxygen atoms in total. The van der Waals surface area contributed by atoms with Gasteiger partial charge >= 0.3 is 0 Å². The van der Waals surface area contributed by atoms with Gasteiger partial charge in [0.15, 0.2) is 0 Å². The lowest BCUT2D eigenvalue weighted by Crippen LogP contribution is -2.22. The Kier molecular flexibility index (Phi) is 3.70. The van der Waals surface area contributed by atoms with Gasteiger partial charge in [-0.05, 0) is 30.0 Å². The van der Waals surface area contributed by atoms with Gasteiger partial charge in [0.1, 0.15) is 9.71 Å². The molecule has 0 aliphatic rings. The van der Waals surface area contributed by atoms with Crippen molar-refractivity contribution in [1.29, 1.82) is 0 Å². The molecular weight excluding hydrogens is 338 g/mol. The molecule has 0 fully saturated rings. The van der Waals surface area contributed by atoms with Crippen LogP contribution in [0.15, 0.2) is 41.8 Å². The third kappa shape index (κ3) is 2.53. The maximum atomic E-state index is 12.5. The first-order valence-corrected chi connectivity index (χ1v) is 9.22. The minimum absolute atomic E-state index is 0.148. The van der Waals surface area contributed by atoms with Crippen molar-refractivity contribution in [1.82, 2.24) is 10.3 Å². The van der Waals surface area contributed by atoms with E-state index in [-0.39, 0.29) is 5.91 Å². The number of benzene rings is 1. The number of nitrogen functional groups attached to an aromatic ring is 1. The standard InChI is InChI=1S/C18H15N3OS2/c1-10-4-2-5-11-8-13-14(19)16(24-18(13)21-15(10)11)17(22)20-9-12-6-3-7-23-12/h2-8H,9,19H2,1H3,(H,20,22). The quantitative estimate of drug-likeness (QED) is 0.576. The number of rotatable bonds is 3. The topological polar surface area (TPSA) is 68.0 Å². The fraction of sp³-hybridized carbons (Fsp3) is 0.111. The number of nitrogens with one attached hydrogen (secondary N) is 1. The molecule has 0 spiro atoms. The molecule has 3 N–H and O–H groups in total. The molecule has 1 aromatic carbocycles. The van der Waals surface area contributed by atoms with Crippen LogP contribution in [0.25, 0.3) is 21.1 Å². The number of para-hydroxylation sites is 1. The molecular formula is C18H15N3OS2. The molecule has 120 valence electrons. The highest BCUT2D eigenvalue weighted by Crippen LogP contribution is 2.35. The van der Waals surface area contributed by atoms with Crippen molar-refractivity contribution in [2.75, 3.05) is 5.73 Å². The first-order chi connectivity index (χ1) is 11.6. The Morgan fingerprint density at radius 1 is 1.29 bits per heavy atom. The third-order valence-corrected chi connectivity index (χ3v) is 5.95. The van der Waals surface area contributed by atoms with E-state index in [1.54, 1.807) is 11.3 Å². The second kappa shape index (κ2) is 5.89. The number of anilines is 1. The van der Waals surface area contributed by atoms with Crippen molar-refractivity contribution in [3.05, 3.63) is 57.1 Å². The predicted octanol–water partition coefficient (Wildman–Crippen LogP) is 4.33. The van der Waals surface area contributed by atoms with Crippen molar-refractivity contribution in [2.45, 2.75) is 13.5 Å². The van der Waals surface area contributed by atoms with Crippen LogP contribution in [0.5, 0.6) is 0 Å². The molecule has 3 heterocycles. The highest BCUT2D eigenvalue weighted by molar-refractivity contribution is 7.21. The van der Waals surface area contributed by atoms with Crippen molar-refractivity contribution >= 4 is 55.4 Å². The van der Waals surface area contributed by atoms with Gasteiger partial charge in [-0.15, -0.1) is 22.7 Å². The molecule has 3 aromatic heterocycles. The molecule has 0 atom stereocenters. The SMILES string of the molecule is Cc1cccc2cc3c(N)c(C(=O)NCc4cccs4)sc3nc12. The Hall–Kier alpha value is -2.44. The molecule has 0 bridgehead atoms. The van der Waals surface area contributed by atoms with E-state index in [1.807, 2.05) is 48.7 Å². The van der Waals surface area contributed by atoms with Gasteiger partial charge in [0, 0.05) is 15.6 Å². The largest absolute Gasteiger partial charge is 0.397 e. The van der Waals surface area contributed by atoms with Gasteiger partial charge < -0.3 is 11.1 Å². The number of aromatic nitrogens is 1. The number of nitrogens with two attached hydrogens (primary N) is 1. The number of amides is 1. The monoisotopic (exact) mass is 353 g/mol. The number of fused-ring (bicyclic) bond motifs is 2. The van der Waals surface area contributed by atoms with E-state index in [9.17, 15) is 4.79 Å². The van der Waals surface area contributed by atoms with Crippen molar-refractivity contribution in [3.8, 4) is 0 Å². The molecule has 0 unspecified atom stereocenters. The molecule has 0 radical (unpaired) electrons. The van der Waals surface area contributed by atoms with Crippen molar-refractivity contribution in [3.63, 3.8) is 0 Å². The minimum atomic E-state index is -0.148. The molecule has 0 saturated heterocycles. The van der Waals surface area contributed by atoms with Crippen LogP contribution in [0.1, 0.15) is 20.1 Å². The lowest BCUT2D eigenvalue weighted by atomic mass is 10.1. The van der Waals surface area contributed by atoms with Crippen LogP contribution in [0.2, 0.25) is 0 Å². The van der Waals surface area contributed by atoms with Gasteiger partial charge in [0.25, 0.3) is 5.91 Å². The zero-order chi connectivity index (χ0) is 16.7. The summed E-state index contributed by atoms with van der Waals surface area (Å²) in [5, 5.41) is 6.81. The summed E-state index contributed by atoms with van der Waals surface area (Å²) in [6.45, 7) is 2.55. The van der Waals surface area contributed by atoms with Crippen molar-refractivity contribution < 1.29 is 4.79 Å². The summed E-state index contributed by atoms with van der Waals surface area (Å²) in [6.07, 6.45) is 0. The van der Waals surface area contributed by atoms with Gasteiger partial charge in [-0.3, -0.25) is 4.79 Å². The van der Waals surface area contributed by atoms with Gasteiger partial charge in [-0.25, -0.2) is 4.98 Å². The molecule has 4 rings (SSSR count). The van der Waals surface area contributed by atoms with Gasteiger partial charge in [-0.1, -0.05) is 24.3 Å². The smallest absolute Gasteiger partial charge is 0.263 e. The lowest BCUT2D eigenvalue weighted by molar-refractivity contribution is 0.0956. The third-order valence-electron chi connectivity index (χ3n) is 3.96. The van der Waals surface area contributed by atoms with Crippen molar-refractivity contribution in [2.24, 2.45) is 0 Å². The van der Waals surface area contributed by atoms with Gasteiger partial charge in [-0.2, -0.15) is 0 Å². The molecule has 4 aromatic rings. The molecule has 0 aliphatic carbocycles. The number of hydrogen-bond acceptors (Lipinski definition) is 5. The fourth-order valence-electron chi connectivity index (χ4n) is 2.70. The number of pyridine rings is 1. The fourth-order valence-corrected chi connectivity index (χ4v) is 4.34. The van der Waals surface area contributed by atoms with Gasteiger partial charge in [0.05, 0.1) is 17.7 Å². The van der Waals surface area contributed by atoms with E-state index >= 15 is 0 Å². The van der Waals surface area contributed by atoms with E-state index in [2.05, 4.69) is 5.32 Å². The van der Waals surface area contributed by atoms with Crippen LogP contribution >= 0.6 is 22.7 Å². The second-order valence-corrected chi connectivity index (χ2v) is 7.63. The normalized spacial score (nSPS) is 11.2. The summed E-state index contributed by atoms with van der Waals surface area (Å²) in [5.74, 6) is -0.148. The summed E-state index contributed by atoms with van der Waals surface area (Å²) >= 11 is 2.97. The van der Waals surface area contributed by atoms with Crippen LogP contribution in [0.3, 0.4) is 0 Å². The van der Waals surface area contributed by atoms with E-state index in [0.29, 0.717) is 17.1 Å². The number of thiophene rings is 2. The van der Waals surface area contributed by atoms with E-state index in [0.717, 1.165) is 31.6 Å². The van der Waals surface area contributed by atoms with Crippen LogP contribution in [-0.4, -0.2) is 10.9 Å². The molecule has 24 heavy (non-hydrogen) atoms. The second-order valence-electron chi connectivity index (χ2n) is 5.59. The maximum absolute atomic E-state index is 12.5. The van der Waals surface area contributed by atoms with Crippen LogP contribution < -0.4 is 11.1 Å². The van der Waals surface area contributed by atoms with Crippen LogP contribution in [0.4, 0.5) is 5.69 Å². The number of hydrogen-bond donors (Lipinski definition) is 2.